The Hall–Kier alpha value is -0.670. The molecule has 1 aliphatic heterocycles. The smallest absolute Gasteiger partial charge is 0.156 e. The van der Waals surface area contributed by atoms with Crippen LogP contribution in [0.2, 0.25) is 5.02 Å². The molecule has 4 heteroatoms. The lowest BCUT2D eigenvalue weighted by molar-refractivity contribution is 0.579. The van der Waals surface area contributed by atoms with E-state index in [4.69, 9.17) is 11.6 Å². The van der Waals surface area contributed by atoms with Crippen molar-refractivity contribution in [2.45, 2.75) is 12.5 Å². The molecule has 1 aromatic carbocycles. The summed E-state index contributed by atoms with van der Waals surface area (Å²) in [7, 11) is 0. The number of halogens is 1. The van der Waals surface area contributed by atoms with Gasteiger partial charge in [-0.05, 0) is 30.4 Å². The molecular formula is C11H13ClN2S. The topological polar surface area (TPSA) is 24.4 Å². The van der Waals surface area contributed by atoms with Crippen LogP contribution in [0, 0.1) is 0 Å². The summed E-state index contributed by atoms with van der Waals surface area (Å²) in [5, 5.41) is 5.22. The molecule has 1 N–H and O–H groups in total. The Morgan fingerprint density at radius 2 is 2.13 bits per heavy atom. The molecular weight excluding hydrogens is 228 g/mol. The minimum absolute atomic E-state index is 0.377. The summed E-state index contributed by atoms with van der Waals surface area (Å²) in [5.41, 5.74) is 1.28. The van der Waals surface area contributed by atoms with Crippen molar-refractivity contribution in [2.24, 2.45) is 4.99 Å². The van der Waals surface area contributed by atoms with Gasteiger partial charge in [-0.2, -0.15) is 0 Å². The second-order valence-electron chi connectivity index (χ2n) is 3.43. The third kappa shape index (κ3) is 2.67. The fraction of sp³-hybridized carbons (Fsp3) is 0.364. The first kappa shape index (κ1) is 10.8. The standard InChI is InChI=1S/C11H13ClN2S/c1-15-11-13-7-6-10(14-11)8-2-4-9(12)5-3-8/h2-5,10H,6-7H2,1H3,(H,13,14). The summed E-state index contributed by atoms with van der Waals surface area (Å²) in [4.78, 5) is 4.38. The zero-order valence-electron chi connectivity index (χ0n) is 8.53. The lowest BCUT2D eigenvalue weighted by Crippen LogP contribution is -2.30. The highest BCUT2D eigenvalue weighted by molar-refractivity contribution is 8.13. The molecule has 1 aromatic rings. The molecule has 1 atom stereocenters. The van der Waals surface area contributed by atoms with Gasteiger partial charge in [-0.15, -0.1) is 0 Å². The van der Waals surface area contributed by atoms with Crippen LogP contribution in [0.15, 0.2) is 29.3 Å². The molecule has 0 bridgehead atoms. The normalized spacial score (nSPS) is 20.7. The van der Waals surface area contributed by atoms with Crippen molar-refractivity contribution in [1.82, 2.24) is 5.32 Å². The summed E-state index contributed by atoms with van der Waals surface area (Å²) in [6.07, 6.45) is 3.09. The van der Waals surface area contributed by atoms with Gasteiger partial charge in [-0.1, -0.05) is 35.5 Å². The van der Waals surface area contributed by atoms with Crippen molar-refractivity contribution in [3.8, 4) is 0 Å². The lowest BCUT2D eigenvalue weighted by atomic mass is 10.0. The molecule has 0 saturated heterocycles. The highest BCUT2D eigenvalue weighted by Crippen LogP contribution is 2.22. The number of hydrogen-bond donors (Lipinski definition) is 1. The van der Waals surface area contributed by atoms with E-state index in [1.165, 1.54) is 5.56 Å². The highest BCUT2D eigenvalue weighted by atomic mass is 35.5. The van der Waals surface area contributed by atoms with Crippen LogP contribution in [0.5, 0.6) is 0 Å². The zero-order chi connectivity index (χ0) is 10.7. The molecule has 0 saturated carbocycles. The summed E-state index contributed by atoms with van der Waals surface area (Å²) >= 11 is 7.52. The van der Waals surface area contributed by atoms with Crippen molar-refractivity contribution < 1.29 is 0 Å². The molecule has 15 heavy (non-hydrogen) atoms. The maximum absolute atomic E-state index is 5.86. The fourth-order valence-corrected chi connectivity index (χ4v) is 2.24. The summed E-state index contributed by atoms with van der Waals surface area (Å²) < 4.78 is 0. The molecule has 0 amide bonds. The predicted molar refractivity (Wildman–Crippen MR) is 67.8 cm³/mol. The van der Waals surface area contributed by atoms with Crippen LogP contribution >= 0.6 is 23.4 Å². The minimum Gasteiger partial charge on any atom is -0.358 e. The first-order valence-electron chi connectivity index (χ1n) is 4.90. The fourth-order valence-electron chi connectivity index (χ4n) is 1.63. The van der Waals surface area contributed by atoms with Crippen LogP contribution in [0.3, 0.4) is 0 Å². The van der Waals surface area contributed by atoms with Crippen LogP contribution in [-0.4, -0.2) is 18.0 Å². The Morgan fingerprint density at radius 1 is 1.40 bits per heavy atom. The van der Waals surface area contributed by atoms with Gasteiger partial charge in [0.1, 0.15) is 0 Å². The van der Waals surface area contributed by atoms with E-state index in [1.807, 2.05) is 18.4 Å². The Labute approximate surface area is 99.1 Å². The van der Waals surface area contributed by atoms with E-state index in [0.29, 0.717) is 6.04 Å². The molecule has 0 aliphatic carbocycles. The summed E-state index contributed by atoms with van der Waals surface area (Å²) in [5.74, 6) is 0. The van der Waals surface area contributed by atoms with Crippen molar-refractivity contribution in [3.63, 3.8) is 0 Å². The van der Waals surface area contributed by atoms with Crippen LogP contribution in [0.25, 0.3) is 0 Å². The van der Waals surface area contributed by atoms with E-state index in [2.05, 4.69) is 22.4 Å². The Balaban J connectivity index is 2.12. The molecule has 0 aromatic heterocycles. The minimum atomic E-state index is 0.377. The van der Waals surface area contributed by atoms with E-state index in [1.54, 1.807) is 11.8 Å². The van der Waals surface area contributed by atoms with E-state index in [-0.39, 0.29) is 0 Å². The molecule has 80 valence electrons. The number of aliphatic imine (C=N–C) groups is 1. The lowest BCUT2D eigenvalue weighted by Gasteiger charge is -2.24. The number of amidine groups is 1. The van der Waals surface area contributed by atoms with Gasteiger partial charge in [-0.3, -0.25) is 4.99 Å². The summed E-state index contributed by atoms with van der Waals surface area (Å²) in [6, 6.07) is 8.39. The van der Waals surface area contributed by atoms with E-state index in [0.717, 1.165) is 23.2 Å². The van der Waals surface area contributed by atoms with Gasteiger partial charge in [0.2, 0.25) is 0 Å². The van der Waals surface area contributed by atoms with E-state index >= 15 is 0 Å². The molecule has 2 nitrogen and oxygen atoms in total. The van der Waals surface area contributed by atoms with Crippen molar-refractivity contribution in [1.29, 1.82) is 0 Å². The van der Waals surface area contributed by atoms with Crippen molar-refractivity contribution in [3.05, 3.63) is 34.9 Å². The van der Waals surface area contributed by atoms with Gasteiger partial charge >= 0.3 is 0 Å². The highest BCUT2D eigenvalue weighted by Gasteiger charge is 2.16. The third-order valence-electron chi connectivity index (χ3n) is 2.44. The van der Waals surface area contributed by atoms with Gasteiger partial charge in [0.05, 0.1) is 6.04 Å². The number of nitrogens with one attached hydrogen (secondary N) is 1. The van der Waals surface area contributed by atoms with Gasteiger partial charge in [0.25, 0.3) is 0 Å². The van der Waals surface area contributed by atoms with E-state index in [9.17, 15) is 0 Å². The molecule has 0 fully saturated rings. The average molecular weight is 241 g/mol. The van der Waals surface area contributed by atoms with Crippen LogP contribution in [0.4, 0.5) is 0 Å². The zero-order valence-corrected chi connectivity index (χ0v) is 10.1. The third-order valence-corrected chi connectivity index (χ3v) is 3.32. The van der Waals surface area contributed by atoms with Gasteiger partial charge in [0.15, 0.2) is 5.17 Å². The maximum atomic E-state index is 5.86. The second-order valence-corrected chi connectivity index (χ2v) is 4.66. The summed E-state index contributed by atoms with van der Waals surface area (Å²) in [6.45, 7) is 0.899. The Kier molecular flexibility index (Phi) is 3.54. The Morgan fingerprint density at radius 3 is 2.80 bits per heavy atom. The van der Waals surface area contributed by atoms with Crippen LogP contribution < -0.4 is 5.32 Å². The predicted octanol–water partition coefficient (Wildman–Crippen LogP) is 3.09. The number of rotatable bonds is 1. The van der Waals surface area contributed by atoms with Gasteiger partial charge in [0, 0.05) is 11.6 Å². The van der Waals surface area contributed by atoms with Crippen LogP contribution in [-0.2, 0) is 0 Å². The van der Waals surface area contributed by atoms with Gasteiger partial charge in [-0.25, -0.2) is 0 Å². The molecule has 1 aliphatic rings. The number of nitrogens with zero attached hydrogens (tertiary/aromatic N) is 1. The quantitative estimate of drug-likeness (QED) is 0.816. The maximum Gasteiger partial charge on any atom is 0.156 e. The van der Waals surface area contributed by atoms with Crippen LogP contribution in [0.1, 0.15) is 18.0 Å². The molecule has 0 spiro atoms. The van der Waals surface area contributed by atoms with Crippen molar-refractivity contribution in [2.75, 3.05) is 12.8 Å². The molecule has 0 radical (unpaired) electrons. The number of thioether (sulfide) groups is 1. The van der Waals surface area contributed by atoms with Gasteiger partial charge < -0.3 is 5.32 Å². The second kappa shape index (κ2) is 4.90. The first-order chi connectivity index (χ1) is 7.29. The molecule has 1 heterocycles. The Bertz CT molecular complexity index is 361. The largest absolute Gasteiger partial charge is 0.358 e. The number of hydrogen-bond acceptors (Lipinski definition) is 3. The average Bonchev–Trinajstić information content (AvgIpc) is 2.30. The number of benzene rings is 1. The monoisotopic (exact) mass is 240 g/mol. The van der Waals surface area contributed by atoms with Crippen molar-refractivity contribution >= 4 is 28.5 Å². The van der Waals surface area contributed by atoms with E-state index < -0.39 is 0 Å². The SMILES string of the molecule is CSC1=NCCC(c2ccc(Cl)cc2)N1. The first-order valence-corrected chi connectivity index (χ1v) is 6.50. The molecule has 1 unspecified atom stereocenters. The molecule has 2 rings (SSSR count).